The number of carbonyl (C=O) groups is 1. The van der Waals surface area contributed by atoms with Crippen molar-refractivity contribution in [3.8, 4) is 5.75 Å². The minimum absolute atomic E-state index is 0.0275. The van der Waals surface area contributed by atoms with E-state index in [9.17, 15) is 13.2 Å². The van der Waals surface area contributed by atoms with Gasteiger partial charge >= 0.3 is 5.97 Å². The number of hydrogen-bond donors (Lipinski definition) is 0. The van der Waals surface area contributed by atoms with E-state index in [1.165, 1.54) is 28.6 Å². The van der Waals surface area contributed by atoms with Gasteiger partial charge in [0.25, 0.3) is 0 Å². The number of esters is 1. The zero-order chi connectivity index (χ0) is 19.6. The second-order valence-corrected chi connectivity index (χ2v) is 9.26. The lowest BCUT2D eigenvalue weighted by molar-refractivity contribution is 0.0727. The van der Waals surface area contributed by atoms with Crippen LogP contribution in [0.4, 0.5) is 0 Å². The van der Waals surface area contributed by atoms with Gasteiger partial charge < -0.3 is 9.47 Å². The number of halogens is 3. The van der Waals surface area contributed by atoms with Crippen LogP contribution in [0.3, 0.4) is 0 Å². The summed E-state index contributed by atoms with van der Waals surface area (Å²) >= 11 is 15.4. The highest BCUT2D eigenvalue weighted by atomic mass is 79.9. The van der Waals surface area contributed by atoms with Gasteiger partial charge in [-0.3, -0.25) is 0 Å². The van der Waals surface area contributed by atoms with Gasteiger partial charge in [-0.1, -0.05) is 39.1 Å². The topological polar surface area (TPSA) is 72.9 Å². The monoisotopic (exact) mass is 493 g/mol. The van der Waals surface area contributed by atoms with E-state index in [1.807, 2.05) is 0 Å². The summed E-state index contributed by atoms with van der Waals surface area (Å²) in [5, 5.41) is 0.271. The van der Waals surface area contributed by atoms with Crippen LogP contribution in [0.15, 0.2) is 45.8 Å². The van der Waals surface area contributed by atoms with Gasteiger partial charge in [-0.15, -0.1) is 0 Å². The molecular formula is C17H14BrCl2NO5S. The van der Waals surface area contributed by atoms with Crippen LogP contribution in [0.2, 0.25) is 10.0 Å². The number of carbonyl (C=O) groups excluding carboxylic acids is 1. The molecule has 0 unspecified atom stereocenters. The smallest absolute Gasteiger partial charge is 0.343 e. The molecule has 0 bridgehead atoms. The number of sulfonamides is 1. The highest BCUT2D eigenvalue weighted by Crippen LogP contribution is 2.30. The second kappa shape index (κ2) is 8.46. The van der Waals surface area contributed by atoms with E-state index < -0.39 is 16.0 Å². The third-order valence-corrected chi connectivity index (χ3v) is 7.02. The molecule has 0 amide bonds. The lowest BCUT2D eigenvalue weighted by Gasteiger charge is -2.26. The molecular weight excluding hydrogens is 481 g/mol. The molecule has 3 rings (SSSR count). The molecule has 0 aromatic heterocycles. The summed E-state index contributed by atoms with van der Waals surface area (Å²) < 4.78 is 38.1. The van der Waals surface area contributed by atoms with Crippen LogP contribution < -0.4 is 4.74 Å². The Labute approximate surface area is 175 Å². The molecule has 2 aromatic carbocycles. The molecule has 0 radical (unpaired) electrons. The number of morpholine rings is 1. The molecule has 1 aliphatic heterocycles. The molecule has 0 saturated carbocycles. The lowest BCUT2D eigenvalue weighted by atomic mass is 10.2. The molecule has 2 aromatic rings. The van der Waals surface area contributed by atoms with Gasteiger partial charge in [0.2, 0.25) is 10.0 Å². The molecule has 1 fully saturated rings. The minimum Gasteiger partial charge on any atom is -0.421 e. The zero-order valence-corrected chi connectivity index (χ0v) is 17.7. The predicted molar refractivity (Wildman–Crippen MR) is 105 cm³/mol. The Morgan fingerprint density at radius 1 is 1.07 bits per heavy atom. The highest BCUT2D eigenvalue weighted by Gasteiger charge is 2.29. The first-order valence-electron chi connectivity index (χ1n) is 7.84. The normalized spacial score (nSPS) is 15.5. The first-order chi connectivity index (χ1) is 12.8. The van der Waals surface area contributed by atoms with Crippen molar-refractivity contribution in [2.75, 3.05) is 26.3 Å². The summed E-state index contributed by atoms with van der Waals surface area (Å²) in [4.78, 5) is 12.3. The molecule has 0 spiro atoms. The molecule has 1 aliphatic rings. The van der Waals surface area contributed by atoms with Crippen LogP contribution in [0.1, 0.15) is 10.4 Å². The molecule has 1 heterocycles. The standard InChI is InChI=1S/C17H14BrCl2NO5S/c18-12-2-4-15(14(20)10-12)26-17(22)11-1-3-13(19)16(9-11)27(23,24)21-5-7-25-8-6-21/h1-4,9-10H,5-8H2. The third kappa shape index (κ3) is 4.64. The van der Waals surface area contributed by atoms with E-state index in [4.69, 9.17) is 32.7 Å². The average molecular weight is 495 g/mol. The van der Waals surface area contributed by atoms with Crippen LogP contribution in [0.25, 0.3) is 0 Å². The number of nitrogens with zero attached hydrogens (tertiary/aromatic N) is 1. The van der Waals surface area contributed by atoms with E-state index in [1.54, 1.807) is 12.1 Å². The quantitative estimate of drug-likeness (QED) is 0.474. The summed E-state index contributed by atoms with van der Waals surface area (Å²) in [6.45, 7) is 1.06. The third-order valence-electron chi connectivity index (χ3n) is 3.85. The SMILES string of the molecule is O=C(Oc1ccc(Br)cc1Cl)c1ccc(Cl)c(S(=O)(=O)N2CCOCC2)c1. The fraction of sp³-hybridized carbons (Fsp3) is 0.235. The van der Waals surface area contributed by atoms with Crippen LogP contribution in [-0.2, 0) is 14.8 Å². The molecule has 1 saturated heterocycles. The van der Waals surface area contributed by atoms with Crippen molar-refractivity contribution in [1.29, 1.82) is 0 Å². The van der Waals surface area contributed by atoms with Crippen molar-refractivity contribution >= 4 is 55.1 Å². The summed E-state index contributed by atoms with van der Waals surface area (Å²) in [6.07, 6.45) is 0. The second-order valence-electron chi connectivity index (χ2n) is 5.63. The Morgan fingerprint density at radius 3 is 2.44 bits per heavy atom. The van der Waals surface area contributed by atoms with Gasteiger partial charge in [0, 0.05) is 17.6 Å². The molecule has 27 heavy (non-hydrogen) atoms. The summed E-state index contributed by atoms with van der Waals surface area (Å²) in [5.74, 6) is -0.577. The number of hydrogen-bond acceptors (Lipinski definition) is 5. The maximum atomic E-state index is 12.8. The zero-order valence-electron chi connectivity index (χ0n) is 13.8. The van der Waals surface area contributed by atoms with Crippen LogP contribution in [0.5, 0.6) is 5.75 Å². The maximum Gasteiger partial charge on any atom is 0.343 e. The molecule has 6 nitrogen and oxygen atoms in total. The number of rotatable bonds is 4. The van der Waals surface area contributed by atoms with Gasteiger partial charge in [-0.25, -0.2) is 13.2 Å². The van der Waals surface area contributed by atoms with Crippen LogP contribution in [-0.4, -0.2) is 45.0 Å². The Hall–Kier alpha value is -1.16. The Kier molecular flexibility index (Phi) is 6.45. The van der Waals surface area contributed by atoms with Gasteiger partial charge in [-0.2, -0.15) is 4.31 Å². The van der Waals surface area contributed by atoms with E-state index >= 15 is 0 Å². The van der Waals surface area contributed by atoms with Gasteiger partial charge in [0.1, 0.15) is 10.6 Å². The first kappa shape index (κ1) is 20.6. The fourth-order valence-electron chi connectivity index (χ4n) is 2.47. The Bertz CT molecular complexity index is 977. The van der Waals surface area contributed by atoms with Crippen LogP contribution in [0, 0.1) is 0 Å². The van der Waals surface area contributed by atoms with Gasteiger partial charge in [0.05, 0.1) is 28.8 Å². The highest BCUT2D eigenvalue weighted by molar-refractivity contribution is 9.10. The van der Waals surface area contributed by atoms with Crippen molar-refractivity contribution in [1.82, 2.24) is 4.31 Å². The van der Waals surface area contributed by atoms with Crippen molar-refractivity contribution in [3.05, 3.63) is 56.5 Å². The summed E-state index contributed by atoms with van der Waals surface area (Å²) in [5.41, 5.74) is 0.0465. The molecule has 0 aliphatic carbocycles. The van der Waals surface area contributed by atoms with E-state index in [0.29, 0.717) is 13.2 Å². The minimum atomic E-state index is -3.85. The van der Waals surface area contributed by atoms with Crippen LogP contribution >= 0.6 is 39.1 Å². The average Bonchev–Trinajstić information content (AvgIpc) is 2.65. The molecule has 0 atom stereocenters. The van der Waals surface area contributed by atoms with E-state index in [0.717, 1.165) is 4.47 Å². The lowest BCUT2D eigenvalue weighted by Crippen LogP contribution is -2.40. The van der Waals surface area contributed by atoms with Crippen molar-refractivity contribution < 1.29 is 22.7 Å². The molecule has 10 heteroatoms. The number of ether oxygens (including phenoxy) is 2. The molecule has 144 valence electrons. The van der Waals surface area contributed by atoms with Crippen molar-refractivity contribution in [2.45, 2.75) is 4.90 Å². The maximum absolute atomic E-state index is 12.8. The summed E-state index contributed by atoms with van der Waals surface area (Å²) in [6, 6.07) is 8.75. The number of benzene rings is 2. The van der Waals surface area contributed by atoms with E-state index in [2.05, 4.69) is 15.9 Å². The van der Waals surface area contributed by atoms with Crippen molar-refractivity contribution in [3.63, 3.8) is 0 Å². The van der Waals surface area contributed by atoms with E-state index in [-0.39, 0.29) is 39.3 Å². The Balaban J connectivity index is 1.89. The van der Waals surface area contributed by atoms with Crippen molar-refractivity contribution in [2.24, 2.45) is 0 Å². The predicted octanol–water partition coefficient (Wildman–Crippen LogP) is 4.00. The Morgan fingerprint density at radius 2 is 1.78 bits per heavy atom. The first-order valence-corrected chi connectivity index (χ1v) is 10.8. The van der Waals surface area contributed by atoms with Gasteiger partial charge in [-0.05, 0) is 36.4 Å². The summed E-state index contributed by atoms with van der Waals surface area (Å²) in [7, 11) is -3.85. The van der Waals surface area contributed by atoms with Gasteiger partial charge in [0.15, 0.2) is 0 Å². The fourth-order valence-corrected chi connectivity index (χ4v) is 5.09. The largest absolute Gasteiger partial charge is 0.421 e. The molecule has 0 N–H and O–H groups in total.